The van der Waals surface area contributed by atoms with Crippen molar-refractivity contribution in [3.63, 3.8) is 0 Å². The molecule has 12 heteroatoms. The van der Waals surface area contributed by atoms with E-state index < -0.39 is 53.2 Å². The van der Waals surface area contributed by atoms with Gasteiger partial charge in [0.1, 0.15) is 18.6 Å². The lowest BCUT2D eigenvalue weighted by Gasteiger charge is -2.28. The smallest absolute Gasteiger partial charge is 0.445 e. The van der Waals surface area contributed by atoms with Gasteiger partial charge in [-0.2, -0.15) is 13.2 Å². The van der Waals surface area contributed by atoms with Gasteiger partial charge in [0.2, 0.25) is 0 Å². The zero-order valence-corrected chi connectivity index (χ0v) is 17.9. The Morgan fingerprint density at radius 1 is 1.19 bits per heavy atom. The zero-order valence-electron chi connectivity index (χ0n) is 16.3. The third-order valence-electron chi connectivity index (χ3n) is 4.93. The number of hydrogen-bond donors (Lipinski definition) is 1. The first-order valence-corrected chi connectivity index (χ1v) is 10.9. The molecule has 4 atom stereocenters. The highest BCUT2D eigenvalue weighted by molar-refractivity contribution is 7.83. The summed E-state index contributed by atoms with van der Waals surface area (Å²) in [7, 11) is -3.59. The molecule has 1 amide bonds. The van der Waals surface area contributed by atoms with Gasteiger partial charge in [-0.15, -0.1) is 0 Å². The van der Waals surface area contributed by atoms with Crippen LogP contribution in [0.1, 0.15) is 11.1 Å². The van der Waals surface area contributed by atoms with Gasteiger partial charge in [-0.1, -0.05) is 54.1 Å². The Balaban J connectivity index is 1.84. The predicted octanol–water partition coefficient (Wildman–Crippen LogP) is 4.52. The van der Waals surface area contributed by atoms with Gasteiger partial charge in [0.05, 0.1) is 23.7 Å². The third-order valence-corrected chi connectivity index (χ3v) is 6.13. The second-order valence-electron chi connectivity index (χ2n) is 7.05. The fourth-order valence-electron chi connectivity index (χ4n) is 3.40. The second-order valence-corrected chi connectivity index (χ2v) is 8.69. The van der Waals surface area contributed by atoms with Crippen LogP contribution in [0.25, 0.3) is 0 Å². The van der Waals surface area contributed by atoms with E-state index in [9.17, 15) is 31.0 Å². The van der Waals surface area contributed by atoms with Crippen LogP contribution in [-0.2, 0) is 28.8 Å². The highest BCUT2D eigenvalue weighted by Gasteiger charge is 2.49. The molecular weight excluding hydrogens is 479 g/mol. The van der Waals surface area contributed by atoms with E-state index in [0.29, 0.717) is 5.56 Å². The summed E-state index contributed by atoms with van der Waals surface area (Å²) in [5.74, 6) is -0.843. The molecule has 3 rings (SSSR count). The van der Waals surface area contributed by atoms with Gasteiger partial charge in [-0.25, -0.2) is 22.5 Å². The molecule has 0 bridgehead atoms. The summed E-state index contributed by atoms with van der Waals surface area (Å²) in [6.07, 6.45) is -3.37. The molecule has 1 fully saturated rings. The number of amides is 1. The third kappa shape index (κ3) is 5.76. The number of carbonyl (C=O) groups excluding carboxylic acids is 1. The van der Waals surface area contributed by atoms with Crippen molar-refractivity contribution >= 4 is 28.7 Å². The van der Waals surface area contributed by atoms with Crippen LogP contribution in [0, 0.1) is 5.82 Å². The van der Waals surface area contributed by atoms with Crippen LogP contribution >= 0.6 is 11.6 Å². The van der Waals surface area contributed by atoms with Crippen LogP contribution in [0.2, 0.25) is 5.02 Å². The quantitative estimate of drug-likeness (QED) is 0.598. The fraction of sp³-hybridized carbons (Fsp3) is 0.350. The lowest BCUT2D eigenvalue weighted by atomic mass is 10.00. The van der Waals surface area contributed by atoms with E-state index in [1.54, 1.807) is 35.1 Å². The van der Waals surface area contributed by atoms with Crippen molar-refractivity contribution in [3.05, 3.63) is 70.5 Å². The molecule has 2 aromatic rings. The van der Waals surface area contributed by atoms with Crippen LogP contribution in [0.15, 0.2) is 48.5 Å². The molecule has 0 aliphatic carbocycles. The van der Waals surface area contributed by atoms with Gasteiger partial charge in [0.25, 0.3) is 0 Å². The van der Waals surface area contributed by atoms with Gasteiger partial charge < -0.3 is 9.64 Å². The van der Waals surface area contributed by atoms with Crippen molar-refractivity contribution in [2.75, 3.05) is 6.54 Å². The number of nitrogens with one attached hydrogen (secondary N) is 1. The summed E-state index contributed by atoms with van der Waals surface area (Å²) in [4.78, 5) is 13.5. The number of benzene rings is 2. The van der Waals surface area contributed by atoms with Crippen molar-refractivity contribution in [3.8, 4) is 0 Å². The molecule has 0 radical (unpaired) electrons. The van der Waals surface area contributed by atoms with Gasteiger partial charge in [-0.3, -0.25) is 0 Å². The standard InChI is InChI=1S/C20H18ClF5N2O3S/c21-14-8-4-7-13(17(14)23)9-16-18(27-32(30)20(24,25)26)15(22)10-28(16)19(29)31-11-12-5-2-1-3-6-12/h1-8,15-16,18,27H,9-11H2/t15-,16-,18-,32?/m0/s1. The van der Waals surface area contributed by atoms with Crippen molar-refractivity contribution in [2.24, 2.45) is 0 Å². The molecule has 1 N–H and O–H groups in total. The van der Waals surface area contributed by atoms with Gasteiger partial charge in [-0.05, 0) is 23.6 Å². The van der Waals surface area contributed by atoms with Gasteiger partial charge in [0.15, 0.2) is 11.0 Å². The Morgan fingerprint density at radius 2 is 1.88 bits per heavy atom. The van der Waals surface area contributed by atoms with Crippen LogP contribution < -0.4 is 4.72 Å². The van der Waals surface area contributed by atoms with E-state index in [2.05, 4.69) is 0 Å². The minimum atomic E-state index is -5.15. The molecule has 5 nitrogen and oxygen atoms in total. The maximum Gasteiger partial charge on any atom is 0.485 e. The van der Waals surface area contributed by atoms with E-state index in [1.807, 2.05) is 0 Å². The number of hydrogen-bond acceptors (Lipinski definition) is 3. The van der Waals surface area contributed by atoms with Gasteiger partial charge >= 0.3 is 11.6 Å². The number of likely N-dealkylation sites (tertiary alicyclic amines) is 1. The number of nitrogens with zero attached hydrogens (tertiary/aromatic N) is 1. The van der Waals surface area contributed by atoms with E-state index in [-0.39, 0.29) is 23.6 Å². The summed E-state index contributed by atoms with van der Waals surface area (Å²) in [6, 6.07) is 9.57. The average molecular weight is 497 g/mol. The molecule has 32 heavy (non-hydrogen) atoms. The summed E-state index contributed by atoms with van der Waals surface area (Å²) in [5.41, 5.74) is -4.54. The predicted molar refractivity (Wildman–Crippen MR) is 108 cm³/mol. The van der Waals surface area contributed by atoms with Crippen molar-refractivity contribution in [1.82, 2.24) is 9.62 Å². The fourth-order valence-corrected chi connectivity index (χ4v) is 4.27. The van der Waals surface area contributed by atoms with Gasteiger partial charge in [0, 0.05) is 0 Å². The van der Waals surface area contributed by atoms with Crippen LogP contribution in [0.3, 0.4) is 0 Å². The minimum Gasteiger partial charge on any atom is -0.445 e. The van der Waals surface area contributed by atoms with E-state index in [1.165, 1.54) is 18.2 Å². The molecule has 1 aliphatic heterocycles. The molecule has 1 unspecified atom stereocenters. The maximum atomic E-state index is 14.7. The van der Waals surface area contributed by atoms with Crippen LogP contribution in [-0.4, -0.2) is 45.5 Å². The molecule has 1 aliphatic rings. The number of rotatable bonds is 6. The normalized spacial score (nSPS) is 22.1. The van der Waals surface area contributed by atoms with Crippen LogP contribution in [0.4, 0.5) is 26.7 Å². The molecule has 174 valence electrons. The molecule has 0 spiro atoms. The SMILES string of the molecule is O=C(OCc1ccccc1)N1C[C@H](F)[C@H](NS(=O)C(F)(F)F)[C@@H]1Cc1cccc(Cl)c1F. The topological polar surface area (TPSA) is 58.6 Å². The Kier molecular flexibility index (Phi) is 7.73. The van der Waals surface area contributed by atoms with Crippen molar-refractivity contribution in [2.45, 2.75) is 36.8 Å². The Bertz CT molecular complexity index is 979. The monoisotopic (exact) mass is 496 g/mol. The molecule has 2 aromatic carbocycles. The molecule has 0 saturated carbocycles. The summed E-state index contributed by atoms with van der Waals surface area (Å²) in [5, 5.41) is -0.237. The molecule has 1 heterocycles. The van der Waals surface area contributed by atoms with Crippen LogP contribution in [0.5, 0.6) is 0 Å². The molecular formula is C20H18ClF5N2O3S. The van der Waals surface area contributed by atoms with E-state index >= 15 is 0 Å². The zero-order chi connectivity index (χ0) is 23.5. The largest absolute Gasteiger partial charge is 0.485 e. The molecule has 0 aromatic heterocycles. The Labute approximate surface area is 188 Å². The Morgan fingerprint density at radius 3 is 2.53 bits per heavy atom. The highest BCUT2D eigenvalue weighted by atomic mass is 35.5. The number of ether oxygens (including phenoxy) is 1. The minimum absolute atomic E-state index is 0.0398. The first kappa shape index (κ1) is 24.4. The first-order chi connectivity index (χ1) is 15.1. The summed E-state index contributed by atoms with van der Waals surface area (Å²) >= 11 is 5.76. The summed E-state index contributed by atoms with van der Waals surface area (Å²) < 4.78 is 85.9. The number of halogens is 6. The molecule has 1 saturated heterocycles. The highest BCUT2D eigenvalue weighted by Crippen LogP contribution is 2.30. The lowest BCUT2D eigenvalue weighted by molar-refractivity contribution is -0.0399. The Hall–Kier alpha value is -2.24. The van der Waals surface area contributed by atoms with E-state index in [0.717, 1.165) is 4.90 Å². The summed E-state index contributed by atoms with van der Waals surface area (Å²) in [6.45, 7) is -0.773. The van der Waals surface area contributed by atoms with Crippen molar-refractivity contribution in [1.29, 1.82) is 0 Å². The van der Waals surface area contributed by atoms with E-state index in [4.69, 9.17) is 16.3 Å². The average Bonchev–Trinajstić information content (AvgIpc) is 3.05. The second kappa shape index (κ2) is 10.1. The maximum absolute atomic E-state index is 14.7. The first-order valence-electron chi connectivity index (χ1n) is 9.37. The number of alkyl halides is 4. The number of carbonyl (C=O) groups is 1. The van der Waals surface area contributed by atoms with Crippen molar-refractivity contribution < 1.29 is 35.7 Å². The lowest BCUT2D eigenvalue weighted by Crippen LogP contribution is -2.50.